The molecule has 0 saturated carbocycles. The van der Waals surface area contributed by atoms with E-state index in [1.54, 1.807) is 48.5 Å². The minimum Gasteiger partial charge on any atom is -0.495 e. The number of hydrazone groups is 1. The molecule has 10 heteroatoms. The molecule has 0 atom stereocenters. The molecule has 0 heterocycles. The summed E-state index contributed by atoms with van der Waals surface area (Å²) in [7, 11) is 1.52. The highest BCUT2D eigenvalue weighted by atomic mass is 16.6. The molecule has 0 unspecified atom stereocenters. The van der Waals surface area contributed by atoms with Gasteiger partial charge in [-0.25, -0.2) is 5.43 Å². The lowest BCUT2D eigenvalue weighted by Crippen LogP contribution is -2.20. The molecule has 0 fully saturated rings. The van der Waals surface area contributed by atoms with Gasteiger partial charge in [0.05, 0.1) is 29.5 Å². The van der Waals surface area contributed by atoms with E-state index in [0.717, 1.165) is 0 Å². The summed E-state index contributed by atoms with van der Waals surface area (Å²) in [5, 5.41) is 17.6. The lowest BCUT2D eigenvalue weighted by Gasteiger charge is -2.10. The fraction of sp³-hybridized carbons (Fsp3) is 0.125. The summed E-state index contributed by atoms with van der Waals surface area (Å²) >= 11 is 0. The molecule has 0 aliphatic rings. The van der Waals surface area contributed by atoms with Gasteiger partial charge in [-0.05, 0) is 55.0 Å². The quantitative estimate of drug-likeness (QED) is 0.283. The van der Waals surface area contributed by atoms with E-state index >= 15 is 0 Å². The maximum atomic E-state index is 12.3. The molecule has 0 aliphatic carbocycles. The standard InChI is InChI=1S/C24H22N4O6/c1-16-19(6-5-8-21(16)28(31)32)24(30)27-25-14-17-10-12-18(13-11-17)34-15-23(29)26-20-7-3-4-9-22(20)33-2/h3-14H,15H2,1-2H3,(H,26,29)(H,27,30)/b25-14-. The third-order valence-corrected chi connectivity index (χ3v) is 4.76. The van der Waals surface area contributed by atoms with Gasteiger partial charge in [-0.15, -0.1) is 0 Å². The van der Waals surface area contributed by atoms with E-state index in [0.29, 0.717) is 22.7 Å². The Labute approximate surface area is 195 Å². The number of nitrogens with one attached hydrogen (secondary N) is 2. The van der Waals surface area contributed by atoms with E-state index in [9.17, 15) is 19.7 Å². The van der Waals surface area contributed by atoms with Crippen molar-refractivity contribution in [3.63, 3.8) is 0 Å². The fourth-order valence-electron chi connectivity index (χ4n) is 3.03. The smallest absolute Gasteiger partial charge is 0.273 e. The predicted molar refractivity (Wildman–Crippen MR) is 126 cm³/mol. The number of hydrogen-bond acceptors (Lipinski definition) is 7. The van der Waals surface area contributed by atoms with E-state index in [-0.39, 0.29) is 29.3 Å². The molecular weight excluding hydrogens is 440 g/mol. The molecule has 0 aliphatic heterocycles. The molecule has 2 amide bonds. The minimum absolute atomic E-state index is 0.135. The van der Waals surface area contributed by atoms with Crippen molar-refractivity contribution in [1.29, 1.82) is 0 Å². The Balaban J connectivity index is 1.52. The first-order chi connectivity index (χ1) is 16.4. The Bertz CT molecular complexity index is 1220. The highest BCUT2D eigenvalue weighted by Gasteiger charge is 2.17. The van der Waals surface area contributed by atoms with Crippen LogP contribution in [-0.2, 0) is 4.79 Å². The molecule has 0 aromatic heterocycles. The maximum absolute atomic E-state index is 12.3. The van der Waals surface area contributed by atoms with Gasteiger partial charge in [0.1, 0.15) is 11.5 Å². The number of nitro benzene ring substituents is 1. The van der Waals surface area contributed by atoms with Crippen molar-refractivity contribution in [3.8, 4) is 11.5 Å². The normalized spacial score (nSPS) is 10.5. The van der Waals surface area contributed by atoms with E-state index < -0.39 is 10.8 Å². The van der Waals surface area contributed by atoms with Crippen molar-refractivity contribution < 1.29 is 24.0 Å². The summed E-state index contributed by atoms with van der Waals surface area (Å²) in [4.78, 5) is 34.9. The first-order valence-corrected chi connectivity index (χ1v) is 10.1. The van der Waals surface area contributed by atoms with Gasteiger partial charge >= 0.3 is 0 Å². The largest absolute Gasteiger partial charge is 0.495 e. The highest BCUT2D eigenvalue weighted by Crippen LogP contribution is 2.23. The van der Waals surface area contributed by atoms with E-state index in [1.165, 1.54) is 38.4 Å². The van der Waals surface area contributed by atoms with E-state index in [1.807, 2.05) is 0 Å². The van der Waals surface area contributed by atoms with Crippen LogP contribution in [0.3, 0.4) is 0 Å². The lowest BCUT2D eigenvalue weighted by molar-refractivity contribution is -0.385. The van der Waals surface area contributed by atoms with Crippen LogP contribution in [0, 0.1) is 17.0 Å². The average molecular weight is 462 g/mol. The van der Waals surface area contributed by atoms with Crippen LogP contribution in [0.1, 0.15) is 21.5 Å². The minimum atomic E-state index is -0.557. The summed E-state index contributed by atoms with van der Waals surface area (Å²) in [5.41, 5.74) is 3.87. The topological polar surface area (TPSA) is 132 Å². The molecular formula is C24H22N4O6. The molecule has 2 N–H and O–H groups in total. The SMILES string of the molecule is COc1ccccc1NC(=O)COc1ccc(/C=N\NC(=O)c2cccc([N+](=O)[O-])c2C)cc1. The number of carbonyl (C=O) groups excluding carboxylic acids is 2. The van der Waals surface area contributed by atoms with Crippen LogP contribution in [-0.4, -0.2) is 36.7 Å². The number of rotatable bonds is 9. The summed E-state index contributed by atoms with van der Waals surface area (Å²) < 4.78 is 10.7. The first kappa shape index (κ1) is 23.9. The third-order valence-electron chi connectivity index (χ3n) is 4.76. The first-order valence-electron chi connectivity index (χ1n) is 10.1. The van der Waals surface area contributed by atoms with Crippen molar-refractivity contribution in [2.45, 2.75) is 6.92 Å². The number of ether oxygens (including phenoxy) is 2. The van der Waals surface area contributed by atoms with Crippen LogP contribution >= 0.6 is 0 Å². The second-order valence-corrected chi connectivity index (χ2v) is 7.01. The monoisotopic (exact) mass is 462 g/mol. The molecule has 0 spiro atoms. The van der Waals surface area contributed by atoms with Crippen LogP contribution in [0.5, 0.6) is 11.5 Å². The number of carbonyl (C=O) groups is 2. The number of benzene rings is 3. The third kappa shape index (κ3) is 6.16. The summed E-state index contributed by atoms with van der Waals surface area (Å²) in [6.07, 6.45) is 1.42. The predicted octanol–water partition coefficient (Wildman–Crippen LogP) is 3.69. The molecule has 0 bridgehead atoms. The number of anilines is 1. The van der Waals surface area contributed by atoms with Gasteiger partial charge in [0.25, 0.3) is 17.5 Å². The van der Waals surface area contributed by atoms with Gasteiger partial charge in [-0.2, -0.15) is 5.10 Å². The second kappa shape index (κ2) is 11.2. The lowest BCUT2D eigenvalue weighted by atomic mass is 10.1. The van der Waals surface area contributed by atoms with Crippen molar-refractivity contribution in [2.75, 3.05) is 19.0 Å². The van der Waals surface area contributed by atoms with Gasteiger partial charge < -0.3 is 14.8 Å². The zero-order valence-corrected chi connectivity index (χ0v) is 18.5. The molecule has 0 saturated heterocycles. The molecule has 174 valence electrons. The fourth-order valence-corrected chi connectivity index (χ4v) is 3.03. The molecule has 3 aromatic rings. The summed E-state index contributed by atoms with van der Waals surface area (Å²) in [6.45, 7) is 1.32. The Morgan fingerprint density at radius 2 is 1.79 bits per heavy atom. The number of para-hydroxylation sites is 2. The Kier molecular flexibility index (Phi) is 7.90. The van der Waals surface area contributed by atoms with E-state index in [2.05, 4.69) is 15.8 Å². The zero-order chi connectivity index (χ0) is 24.5. The Hall–Kier alpha value is -4.73. The highest BCUT2D eigenvalue weighted by molar-refractivity contribution is 5.97. The number of nitro groups is 1. The van der Waals surface area contributed by atoms with Crippen LogP contribution < -0.4 is 20.2 Å². The molecule has 0 radical (unpaired) electrons. The molecule has 3 rings (SSSR count). The van der Waals surface area contributed by atoms with E-state index in [4.69, 9.17) is 9.47 Å². The van der Waals surface area contributed by atoms with Gasteiger partial charge in [0.2, 0.25) is 0 Å². The van der Waals surface area contributed by atoms with Gasteiger partial charge in [-0.1, -0.05) is 18.2 Å². The Morgan fingerprint density at radius 3 is 2.50 bits per heavy atom. The Morgan fingerprint density at radius 1 is 1.06 bits per heavy atom. The van der Waals surface area contributed by atoms with Gasteiger partial charge in [0, 0.05) is 11.6 Å². The average Bonchev–Trinajstić information content (AvgIpc) is 2.83. The summed E-state index contributed by atoms with van der Waals surface area (Å²) in [5.74, 6) is 0.128. The number of nitrogens with zero attached hydrogens (tertiary/aromatic N) is 2. The van der Waals surface area contributed by atoms with Crippen molar-refractivity contribution >= 4 is 29.4 Å². The van der Waals surface area contributed by atoms with Crippen LogP contribution in [0.4, 0.5) is 11.4 Å². The van der Waals surface area contributed by atoms with Crippen LogP contribution in [0.15, 0.2) is 71.8 Å². The van der Waals surface area contributed by atoms with Crippen molar-refractivity contribution in [2.24, 2.45) is 5.10 Å². The zero-order valence-electron chi connectivity index (χ0n) is 18.5. The van der Waals surface area contributed by atoms with Crippen molar-refractivity contribution in [3.05, 3.63) is 93.5 Å². The summed E-state index contributed by atoms with van der Waals surface area (Å²) in [6, 6.07) is 18.0. The maximum Gasteiger partial charge on any atom is 0.273 e. The number of methoxy groups -OCH3 is 1. The number of amides is 2. The van der Waals surface area contributed by atoms with Crippen LogP contribution in [0.2, 0.25) is 0 Å². The second-order valence-electron chi connectivity index (χ2n) is 7.01. The van der Waals surface area contributed by atoms with Crippen molar-refractivity contribution in [1.82, 2.24) is 5.43 Å². The molecule has 10 nitrogen and oxygen atoms in total. The molecule has 3 aromatic carbocycles. The van der Waals surface area contributed by atoms with Gasteiger partial charge in [0.15, 0.2) is 6.61 Å². The van der Waals surface area contributed by atoms with Gasteiger partial charge in [-0.3, -0.25) is 19.7 Å². The molecule has 34 heavy (non-hydrogen) atoms. The van der Waals surface area contributed by atoms with Crippen LogP contribution in [0.25, 0.3) is 0 Å². The number of hydrogen-bond donors (Lipinski definition) is 2.